The van der Waals surface area contributed by atoms with Crippen LogP contribution in [0, 0.1) is 0 Å². The molecule has 0 saturated carbocycles. The Balaban J connectivity index is 0.00000151. The number of hydrogen-bond acceptors (Lipinski definition) is 6. The van der Waals surface area contributed by atoms with E-state index in [9.17, 15) is 4.79 Å². The van der Waals surface area contributed by atoms with Gasteiger partial charge in [0, 0.05) is 6.08 Å². The number of benzene rings is 1. The molecular weight excluding hydrogens is 322 g/mol. The molecule has 0 unspecified atom stereocenters. The van der Waals surface area contributed by atoms with Crippen LogP contribution in [0.1, 0.15) is 26.5 Å². The van der Waals surface area contributed by atoms with Gasteiger partial charge in [-0.15, -0.1) is 0 Å². The molecule has 1 aromatic heterocycles. The summed E-state index contributed by atoms with van der Waals surface area (Å²) < 4.78 is 21.1. The topological polar surface area (TPSA) is 83.9 Å². The number of rotatable bonds is 6. The molecule has 0 aliphatic rings. The Kier molecular flexibility index (Phi) is 8.12. The van der Waals surface area contributed by atoms with Gasteiger partial charge in [0.1, 0.15) is 28.7 Å². The van der Waals surface area contributed by atoms with Gasteiger partial charge in [-0.1, -0.05) is 13.8 Å². The van der Waals surface area contributed by atoms with E-state index in [1.165, 1.54) is 6.08 Å². The number of methoxy groups -OCH3 is 2. The molecule has 1 heterocycles. The molecule has 0 aliphatic heterocycles. The molecule has 0 bridgehead atoms. The van der Waals surface area contributed by atoms with E-state index in [1.807, 2.05) is 13.8 Å². The fraction of sp³-hybridized carbons (Fsp3) is 0.316. The Morgan fingerprint density at radius 2 is 1.88 bits per heavy atom. The van der Waals surface area contributed by atoms with Crippen molar-refractivity contribution in [2.75, 3.05) is 20.8 Å². The van der Waals surface area contributed by atoms with Gasteiger partial charge >= 0.3 is 5.97 Å². The van der Waals surface area contributed by atoms with Crippen LogP contribution >= 0.6 is 0 Å². The van der Waals surface area contributed by atoms with Crippen molar-refractivity contribution >= 4 is 12.0 Å². The number of nitrogens with two attached hydrogens (primary N) is 1. The first-order chi connectivity index (χ1) is 12.1. The molecule has 6 nitrogen and oxygen atoms in total. The second kappa shape index (κ2) is 10.1. The summed E-state index contributed by atoms with van der Waals surface area (Å²) in [5, 5.41) is 0. The quantitative estimate of drug-likeness (QED) is 0.631. The van der Waals surface area contributed by atoms with Crippen molar-refractivity contribution in [2.24, 2.45) is 5.73 Å². The summed E-state index contributed by atoms with van der Waals surface area (Å²) in [7, 11) is 3.16. The molecule has 0 radical (unpaired) electrons. The van der Waals surface area contributed by atoms with Crippen molar-refractivity contribution in [3.63, 3.8) is 0 Å². The minimum absolute atomic E-state index is 0.0228. The Bertz CT molecular complexity index is 718. The maximum absolute atomic E-state index is 11.5. The number of furan rings is 1. The average molecular weight is 347 g/mol. The fourth-order valence-corrected chi connectivity index (χ4v) is 2.01. The first-order valence-corrected chi connectivity index (χ1v) is 8.05. The third-order valence-corrected chi connectivity index (χ3v) is 3.11. The van der Waals surface area contributed by atoms with E-state index in [0.717, 1.165) is 5.56 Å². The monoisotopic (exact) mass is 347 g/mol. The Labute approximate surface area is 148 Å². The average Bonchev–Trinajstić information content (AvgIpc) is 3.11. The lowest BCUT2D eigenvalue weighted by atomic mass is 10.1. The third kappa shape index (κ3) is 5.31. The van der Waals surface area contributed by atoms with Gasteiger partial charge in [-0.2, -0.15) is 0 Å². The number of ether oxygens (including phenoxy) is 3. The highest BCUT2D eigenvalue weighted by atomic mass is 16.5. The molecule has 0 saturated heterocycles. The first-order valence-electron chi connectivity index (χ1n) is 8.05. The summed E-state index contributed by atoms with van der Waals surface area (Å²) >= 11 is 0. The zero-order valence-electron chi connectivity index (χ0n) is 15.3. The van der Waals surface area contributed by atoms with Gasteiger partial charge in [-0.05, 0) is 37.3 Å². The van der Waals surface area contributed by atoms with Gasteiger partial charge in [-0.25, -0.2) is 4.79 Å². The van der Waals surface area contributed by atoms with Gasteiger partial charge < -0.3 is 24.4 Å². The van der Waals surface area contributed by atoms with Crippen LogP contribution in [0.3, 0.4) is 0 Å². The molecule has 0 amide bonds. The molecule has 2 aromatic rings. The summed E-state index contributed by atoms with van der Waals surface area (Å²) in [4.78, 5) is 11.5. The molecule has 0 atom stereocenters. The highest BCUT2D eigenvalue weighted by Crippen LogP contribution is 2.34. The van der Waals surface area contributed by atoms with Crippen molar-refractivity contribution in [2.45, 2.75) is 20.8 Å². The van der Waals surface area contributed by atoms with E-state index in [-0.39, 0.29) is 12.3 Å². The maximum Gasteiger partial charge on any atom is 0.354 e. The smallest absolute Gasteiger partial charge is 0.354 e. The van der Waals surface area contributed by atoms with Gasteiger partial charge in [0.15, 0.2) is 0 Å². The number of carbonyl (C=O) groups is 1. The van der Waals surface area contributed by atoms with Crippen LogP contribution in [0.5, 0.6) is 11.5 Å². The van der Waals surface area contributed by atoms with E-state index in [0.29, 0.717) is 23.0 Å². The minimum Gasteiger partial charge on any atom is -0.497 e. The van der Waals surface area contributed by atoms with Gasteiger partial charge in [-0.3, -0.25) is 0 Å². The molecule has 0 aliphatic carbocycles. The highest BCUT2D eigenvalue weighted by molar-refractivity contribution is 5.92. The van der Waals surface area contributed by atoms with E-state index in [4.69, 9.17) is 24.4 Å². The number of hydrogen-bond donors (Lipinski definition) is 1. The normalized spacial score (nSPS) is 10.5. The molecular formula is C19H25NO5. The third-order valence-electron chi connectivity index (χ3n) is 3.11. The van der Waals surface area contributed by atoms with Crippen LogP contribution in [0.4, 0.5) is 0 Å². The van der Waals surface area contributed by atoms with Crippen LogP contribution < -0.4 is 15.2 Å². The lowest BCUT2D eigenvalue weighted by molar-refractivity contribution is -0.138. The predicted molar refractivity (Wildman–Crippen MR) is 97.4 cm³/mol. The second-order valence-electron chi connectivity index (χ2n) is 4.59. The molecule has 0 spiro atoms. The van der Waals surface area contributed by atoms with E-state index < -0.39 is 5.97 Å². The summed E-state index contributed by atoms with van der Waals surface area (Å²) in [5.74, 6) is 1.76. The highest BCUT2D eigenvalue weighted by Gasteiger charge is 2.13. The summed E-state index contributed by atoms with van der Waals surface area (Å²) in [6, 6.07) is 8.87. The molecule has 6 heteroatoms. The van der Waals surface area contributed by atoms with Crippen molar-refractivity contribution in [3.05, 3.63) is 41.8 Å². The SMILES string of the molecule is CC.CCOC(=O)/C(N)=C/c1ccc(-c2cc(OC)ccc2OC)o1. The first kappa shape index (κ1) is 20.2. The molecule has 2 rings (SSSR count). The standard InChI is InChI=1S/C17H19NO5.C2H6/c1-4-22-17(19)14(18)10-12-6-8-16(23-12)13-9-11(20-2)5-7-15(13)21-3;1-2/h5-10H,4,18H2,1-3H3;1-2H3/b14-10-;. The van der Waals surface area contributed by atoms with Crippen molar-refractivity contribution in [1.29, 1.82) is 0 Å². The van der Waals surface area contributed by atoms with Crippen LogP contribution in [-0.2, 0) is 9.53 Å². The Hall–Kier alpha value is -2.89. The van der Waals surface area contributed by atoms with Crippen LogP contribution in [-0.4, -0.2) is 26.8 Å². The molecule has 0 fully saturated rings. The zero-order chi connectivity index (χ0) is 18.8. The van der Waals surface area contributed by atoms with Gasteiger partial charge in [0.05, 0.1) is 26.4 Å². The minimum atomic E-state index is -0.579. The molecule has 136 valence electrons. The van der Waals surface area contributed by atoms with Crippen molar-refractivity contribution < 1.29 is 23.4 Å². The summed E-state index contributed by atoms with van der Waals surface area (Å²) in [6.45, 7) is 5.98. The predicted octanol–water partition coefficient (Wildman–Crippen LogP) is 3.85. The lowest BCUT2D eigenvalue weighted by Gasteiger charge is -2.08. The molecule has 25 heavy (non-hydrogen) atoms. The molecule has 1 aromatic carbocycles. The van der Waals surface area contributed by atoms with E-state index >= 15 is 0 Å². The second-order valence-corrected chi connectivity index (χ2v) is 4.59. The van der Waals surface area contributed by atoms with Crippen LogP contribution in [0.25, 0.3) is 17.4 Å². The fourth-order valence-electron chi connectivity index (χ4n) is 2.01. The largest absolute Gasteiger partial charge is 0.497 e. The number of esters is 1. The number of carbonyl (C=O) groups excluding carboxylic acids is 1. The van der Waals surface area contributed by atoms with Crippen LogP contribution in [0.2, 0.25) is 0 Å². The zero-order valence-corrected chi connectivity index (χ0v) is 15.3. The Morgan fingerprint density at radius 1 is 1.16 bits per heavy atom. The van der Waals surface area contributed by atoms with Crippen molar-refractivity contribution in [3.8, 4) is 22.8 Å². The van der Waals surface area contributed by atoms with Gasteiger partial charge in [0.2, 0.25) is 0 Å². The summed E-state index contributed by atoms with van der Waals surface area (Å²) in [5.41, 5.74) is 6.38. The Morgan fingerprint density at radius 3 is 2.48 bits per heavy atom. The molecule has 2 N–H and O–H groups in total. The van der Waals surface area contributed by atoms with Crippen molar-refractivity contribution in [1.82, 2.24) is 0 Å². The van der Waals surface area contributed by atoms with E-state index in [2.05, 4.69) is 0 Å². The maximum atomic E-state index is 11.5. The van der Waals surface area contributed by atoms with E-state index in [1.54, 1.807) is 51.5 Å². The summed E-state index contributed by atoms with van der Waals surface area (Å²) in [6.07, 6.45) is 1.42. The van der Waals surface area contributed by atoms with Gasteiger partial charge in [0.25, 0.3) is 0 Å². The van der Waals surface area contributed by atoms with Crippen LogP contribution in [0.15, 0.2) is 40.4 Å². The lowest BCUT2D eigenvalue weighted by Crippen LogP contribution is -2.14.